The van der Waals surface area contributed by atoms with Crippen molar-refractivity contribution in [3.05, 3.63) is 34.5 Å². The van der Waals surface area contributed by atoms with Gasteiger partial charge in [0.2, 0.25) is 0 Å². The molecule has 0 spiro atoms. The SMILES string of the molecule is Cc1cc2c(=O)n(CCCNC3CCCC3)ccn2n1. The highest BCUT2D eigenvalue weighted by Crippen LogP contribution is 2.17. The van der Waals surface area contributed by atoms with Gasteiger partial charge in [-0.25, -0.2) is 4.52 Å². The van der Waals surface area contributed by atoms with Gasteiger partial charge in [-0.2, -0.15) is 5.10 Å². The molecule has 0 unspecified atom stereocenters. The Hall–Kier alpha value is -1.62. The second-order valence-electron chi connectivity index (χ2n) is 5.70. The van der Waals surface area contributed by atoms with Crippen LogP contribution in [0.5, 0.6) is 0 Å². The van der Waals surface area contributed by atoms with Crippen LogP contribution >= 0.6 is 0 Å². The van der Waals surface area contributed by atoms with Crippen molar-refractivity contribution in [2.75, 3.05) is 6.54 Å². The van der Waals surface area contributed by atoms with Gasteiger partial charge in [0.1, 0.15) is 5.52 Å². The molecule has 5 nitrogen and oxygen atoms in total. The zero-order valence-corrected chi connectivity index (χ0v) is 12.0. The first kappa shape index (κ1) is 13.4. The van der Waals surface area contributed by atoms with Gasteiger partial charge in [0.25, 0.3) is 5.56 Å². The maximum Gasteiger partial charge on any atom is 0.276 e. The Morgan fingerprint density at radius 1 is 1.35 bits per heavy atom. The molecule has 1 N–H and O–H groups in total. The van der Waals surface area contributed by atoms with E-state index in [1.807, 2.05) is 25.4 Å². The van der Waals surface area contributed by atoms with E-state index in [2.05, 4.69) is 10.4 Å². The average molecular weight is 274 g/mol. The number of nitrogens with zero attached hydrogens (tertiary/aromatic N) is 3. The smallest absolute Gasteiger partial charge is 0.276 e. The number of rotatable bonds is 5. The first-order valence-electron chi connectivity index (χ1n) is 7.53. The van der Waals surface area contributed by atoms with Crippen molar-refractivity contribution in [2.45, 2.75) is 51.6 Å². The normalized spacial score (nSPS) is 16.2. The standard InChI is InChI=1S/C15H22N4O/c1-12-11-14-15(20)18(9-10-19(14)17-12)8-4-7-16-13-5-2-3-6-13/h9-11,13,16H,2-8H2,1H3. The van der Waals surface area contributed by atoms with Crippen LogP contribution in [0.1, 0.15) is 37.8 Å². The molecule has 2 heterocycles. The van der Waals surface area contributed by atoms with Gasteiger partial charge >= 0.3 is 0 Å². The predicted molar refractivity (Wildman–Crippen MR) is 79.1 cm³/mol. The Bertz CT molecular complexity index is 637. The molecule has 2 aromatic rings. The minimum atomic E-state index is 0.0500. The summed E-state index contributed by atoms with van der Waals surface area (Å²) in [5.41, 5.74) is 1.59. The summed E-state index contributed by atoms with van der Waals surface area (Å²) in [5, 5.41) is 7.83. The molecular weight excluding hydrogens is 252 g/mol. The molecule has 1 saturated carbocycles. The molecule has 108 valence electrons. The lowest BCUT2D eigenvalue weighted by Crippen LogP contribution is -2.29. The number of nitrogens with one attached hydrogen (secondary N) is 1. The summed E-state index contributed by atoms with van der Waals surface area (Å²) < 4.78 is 3.44. The molecule has 5 heteroatoms. The third-order valence-corrected chi connectivity index (χ3v) is 4.09. The second kappa shape index (κ2) is 5.79. The third-order valence-electron chi connectivity index (χ3n) is 4.09. The van der Waals surface area contributed by atoms with Crippen molar-refractivity contribution in [2.24, 2.45) is 0 Å². The molecular formula is C15H22N4O. The maximum atomic E-state index is 12.3. The zero-order chi connectivity index (χ0) is 13.9. The fraction of sp³-hybridized carbons (Fsp3) is 0.600. The quantitative estimate of drug-likeness (QED) is 0.845. The minimum Gasteiger partial charge on any atom is -0.314 e. The Kier molecular flexibility index (Phi) is 3.87. The highest BCUT2D eigenvalue weighted by molar-refractivity contribution is 5.44. The Labute approximate surface area is 118 Å². The largest absolute Gasteiger partial charge is 0.314 e. The molecule has 0 bridgehead atoms. The Balaban J connectivity index is 1.59. The molecule has 20 heavy (non-hydrogen) atoms. The zero-order valence-electron chi connectivity index (χ0n) is 12.0. The van der Waals surface area contributed by atoms with Gasteiger partial charge in [0.05, 0.1) is 5.69 Å². The second-order valence-corrected chi connectivity index (χ2v) is 5.70. The van der Waals surface area contributed by atoms with Crippen molar-refractivity contribution in [1.82, 2.24) is 19.5 Å². The van der Waals surface area contributed by atoms with E-state index in [1.54, 1.807) is 9.08 Å². The van der Waals surface area contributed by atoms with Crippen molar-refractivity contribution in [3.8, 4) is 0 Å². The molecule has 0 aromatic carbocycles. The van der Waals surface area contributed by atoms with Crippen LogP contribution in [-0.4, -0.2) is 26.8 Å². The van der Waals surface area contributed by atoms with E-state index < -0.39 is 0 Å². The van der Waals surface area contributed by atoms with Gasteiger partial charge < -0.3 is 9.88 Å². The van der Waals surface area contributed by atoms with Crippen molar-refractivity contribution < 1.29 is 0 Å². The van der Waals surface area contributed by atoms with Gasteiger partial charge in [0, 0.05) is 25.0 Å². The molecule has 1 aliphatic rings. The molecule has 1 fully saturated rings. The summed E-state index contributed by atoms with van der Waals surface area (Å²) in [6, 6.07) is 2.54. The van der Waals surface area contributed by atoms with E-state index in [9.17, 15) is 4.79 Å². The highest BCUT2D eigenvalue weighted by Gasteiger charge is 2.13. The average Bonchev–Trinajstić information content (AvgIpc) is 3.06. The van der Waals surface area contributed by atoms with Gasteiger partial charge in [0.15, 0.2) is 0 Å². The fourth-order valence-electron chi connectivity index (χ4n) is 3.01. The molecule has 1 aliphatic carbocycles. The summed E-state index contributed by atoms with van der Waals surface area (Å²) in [6.45, 7) is 3.65. The molecule has 0 amide bonds. The summed E-state index contributed by atoms with van der Waals surface area (Å²) in [4.78, 5) is 12.3. The van der Waals surface area contributed by atoms with Crippen LogP contribution in [0.4, 0.5) is 0 Å². The summed E-state index contributed by atoms with van der Waals surface area (Å²) >= 11 is 0. The van der Waals surface area contributed by atoms with Crippen LogP contribution < -0.4 is 10.9 Å². The number of aryl methyl sites for hydroxylation is 2. The van der Waals surface area contributed by atoms with E-state index in [1.165, 1.54) is 25.7 Å². The fourth-order valence-corrected chi connectivity index (χ4v) is 3.01. The molecule has 0 saturated heterocycles. The van der Waals surface area contributed by atoms with Crippen molar-refractivity contribution in [1.29, 1.82) is 0 Å². The third kappa shape index (κ3) is 2.77. The summed E-state index contributed by atoms with van der Waals surface area (Å²) in [7, 11) is 0. The molecule has 3 rings (SSSR count). The van der Waals surface area contributed by atoms with Crippen molar-refractivity contribution in [3.63, 3.8) is 0 Å². The van der Waals surface area contributed by atoms with Crippen LogP contribution in [-0.2, 0) is 6.54 Å². The lowest BCUT2D eigenvalue weighted by molar-refractivity contribution is 0.492. The number of aromatic nitrogens is 3. The lowest BCUT2D eigenvalue weighted by atomic mass is 10.2. The molecule has 0 atom stereocenters. The van der Waals surface area contributed by atoms with Crippen molar-refractivity contribution >= 4 is 5.52 Å². The van der Waals surface area contributed by atoms with Gasteiger partial charge in [-0.15, -0.1) is 0 Å². The summed E-state index contributed by atoms with van der Waals surface area (Å²) in [5.74, 6) is 0. The number of hydrogen-bond donors (Lipinski definition) is 1. The lowest BCUT2D eigenvalue weighted by Gasteiger charge is -2.12. The number of hydrogen-bond acceptors (Lipinski definition) is 3. The topological polar surface area (TPSA) is 51.3 Å². The van der Waals surface area contributed by atoms with Crippen LogP contribution in [0, 0.1) is 6.92 Å². The highest BCUT2D eigenvalue weighted by atomic mass is 16.1. The number of fused-ring (bicyclic) bond motifs is 1. The van der Waals surface area contributed by atoms with E-state index in [0.29, 0.717) is 11.6 Å². The van der Waals surface area contributed by atoms with Crippen LogP contribution in [0.2, 0.25) is 0 Å². The minimum absolute atomic E-state index is 0.0500. The summed E-state index contributed by atoms with van der Waals surface area (Å²) in [6.07, 6.45) is 10.00. The van der Waals surface area contributed by atoms with Gasteiger partial charge in [-0.1, -0.05) is 12.8 Å². The molecule has 0 radical (unpaired) electrons. The van der Waals surface area contributed by atoms with Gasteiger partial charge in [-0.3, -0.25) is 4.79 Å². The Morgan fingerprint density at radius 3 is 2.95 bits per heavy atom. The van der Waals surface area contributed by atoms with E-state index in [4.69, 9.17) is 0 Å². The predicted octanol–water partition coefficient (Wildman–Crippen LogP) is 1.73. The van der Waals surface area contributed by atoms with Crippen LogP contribution in [0.15, 0.2) is 23.3 Å². The van der Waals surface area contributed by atoms with E-state index >= 15 is 0 Å². The van der Waals surface area contributed by atoms with Crippen LogP contribution in [0.3, 0.4) is 0 Å². The van der Waals surface area contributed by atoms with Gasteiger partial charge in [-0.05, 0) is 38.8 Å². The van der Waals surface area contributed by atoms with E-state index in [0.717, 1.165) is 25.2 Å². The molecule has 2 aromatic heterocycles. The first-order chi connectivity index (χ1) is 9.74. The molecule has 0 aliphatic heterocycles. The van der Waals surface area contributed by atoms with Crippen LogP contribution in [0.25, 0.3) is 5.52 Å². The monoisotopic (exact) mass is 274 g/mol. The first-order valence-corrected chi connectivity index (χ1v) is 7.53. The maximum absolute atomic E-state index is 12.3. The van der Waals surface area contributed by atoms with E-state index in [-0.39, 0.29) is 5.56 Å². The Morgan fingerprint density at radius 2 is 2.15 bits per heavy atom.